The molecule has 2 N–H and O–H groups in total. The van der Waals surface area contributed by atoms with Crippen molar-refractivity contribution in [2.45, 2.75) is 0 Å². The maximum absolute atomic E-state index is 12.5. The van der Waals surface area contributed by atoms with Gasteiger partial charge in [0.05, 0.1) is 7.11 Å². The molecule has 0 radical (unpaired) electrons. The second-order valence-electron chi connectivity index (χ2n) is 4.64. The van der Waals surface area contributed by atoms with Crippen LogP contribution in [0.2, 0.25) is 0 Å². The zero-order chi connectivity index (χ0) is 14.8. The standard InChI is InChI=1S/C16H15NO4/c1-19-11-3-4-12(13(17)9-11)16(18)10-2-5-14-15(8-10)21-7-6-20-14/h2-5,8-9H,6-7,17H2,1H3. The van der Waals surface area contributed by atoms with E-state index in [0.717, 1.165) is 0 Å². The molecule has 0 fully saturated rings. The van der Waals surface area contributed by atoms with E-state index in [1.54, 1.807) is 43.5 Å². The number of fused-ring (bicyclic) bond motifs is 1. The second-order valence-corrected chi connectivity index (χ2v) is 4.64. The van der Waals surface area contributed by atoms with E-state index in [1.807, 2.05) is 0 Å². The lowest BCUT2D eigenvalue weighted by molar-refractivity contribution is 0.103. The van der Waals surface area contributed by atoms with Crippen LogP contribution in [0, 0.1) is 0 Å². The van der Waals surface area contributed by atoms with Crippen LogP contribution >= 0.6 is 0 Å². The summed E-state index contributed by atoms with van der Waals surface area (Å²) in [5, 5.41) is 0. The molecular formula is C16H15NO4. The molecule has 2 aromatic carbocycles. The summed E-state index contributed by atoms with van der Waals surface area (Å²) in [5.41, 5.74) is 7.25. The van der Waals surface area contributed by atoms with E-state index >= 15 is 0 Å². The molecule has 0 aliphatic carbocycles. The van der Waals surface area contributed by atoms with Gasteiger partial charge in [-0.15, -0.1) is 0 Å². The number of ether oxygens (including phenoxy) is 3. The average Bonchev–Trinajstić information content (AvgIpc) is 2.53. The van der Waals surface area contributed by atoms with E-state index in [-0.39, 0.29) is 5.78 Å². The van der Waals surface area contributed by atoms with Crippen molar-refractivity contribution in [3.05, 3.63) is 47.5 Å². The highest BCUT2D eigenvalue weighted by Crippen LogP contribution is 2.32. The largest absolute Gasteiger partial charge is 0.497 e. The summed E-state index contributed by atoms with van der Waals surface area (Å²) in [6, 6.07) is 10.1. The first-order valence-corrected chi connectivity index (χ1v) is 6.57. The minimum absolute atomic E-state index is 0.160. The molecule has 0 spiro atoms. The molecule has 1 aliphatic rings. The molecule has 0 amide bonds. The summed E-state index contributed by atoms with van der Waals surface area (Å²) in [6.07, 6.45) is 0. The smallest absolute Gasteiger partial charge is 0.195 e. The first-order chi connectivity index (χ1) is 10.2. The van der Waals surface area contributed by atoms with E-state index in [2.05, 4.69) is 0 Å². The number of benzene rings is 2. The van der Waals surface area contributed by atoms with Gasteiger partial charge in [0.25, 0.3) is 0 Å². The van der Waals surface area contributed by atoms with Gasteiger partial charge in [-0.1, -0.05) is 0 Å². The molecule has 21 heavy (non-hydrogen) atoms. The number of anilines is 1. The van der Waals surface area contributed by atoms with Crippen molar-refractivity contribution in [1.29, 1.82) is 0 Å². The van der Waals surface area contributed by atoms with Gasteiger partial charge in [0, 0.05) is 22.9 Å². The molecule has 0 aromatic heterocycles. The van der Waals surface area contributed by atoms with Crippen molar-refractivity contribution in [3.8, 4) is 17.2 Å². The maximum Gasteiger partial charge on any atom is 0.195 e. The Kier molecular flexibility index (Phi) is 3.39. The number of ketones is 1. The Morgan fingerprint density at radius 3 is 2.57 bits per heavy atom. The van der Waals surface area contributed by atoms with Gasteiger partial charge in [-0.25, -0.2) is 0 Å². The van der Waals surface area contributed by atoms with Crippen LogP contribution in [0.4, 0.5) is 5.69 Å². The van der Waals surface area contributed by atoms with E-state index in [9.17, 15) is 4.79 Å². The quantitative estimate of drug-likeness (QED) is 0.692. The zero-order valence-corrected chi connectivity index (χ0v) is 11.6. The number of carbonyl (C=O) groups is 1. The number of hydrogen-bond donors (Lipinski definition) is 1. The summed E-state index contributed by atoms with van der Waals surface area (Å²) in [7, 11) is 1.55. The second kappa shape index (κ2) is 5.36. The van der Waals surface area contributed by atoms with Crippen LogP contribution in [0.15, 0.2) is 36.4 Å². The molecule has 5 heteroatoms. The predicted molar refractivity (Wildman–Crippen MR) is 78.3 cm³/mol. The Hall–Kier alpha value is -2.69. The van der Waals surface area contributed by atoms with Gasteiger partial charge in [-0.2, -0.15) is 0 Å². The van der Waals surface area contributed by atoms with Crippen molar-refractivity contribution < 1.29 is 19.0 Å². The van der Waals surface area contributed by atoms with Crippen molar-refractivity contribution in [2.75, 3.05) is 26.1 Å². The van der Waals surface area contributed by atoms with Crippen LogP contribution in [0.5, 0.6) is 17.2 Å². The molecule has 1 aliphatic heterocycles. The van der Waals surface area contributed by atoms with E-state index < -0.39 is 0 Å². The lowest BCUT2D eigenvalue weighted by atomic mass is 10.0. The van der Waals surface area contributed by atoms with Crippen molar-refractivity contribution >= 4 is 11.5 Å². The maximum atomic E-state index is 12.5. The monoisotopic (exact) mass is 285 g/mol. The fourth-order valence-corrected chi connectivity index (χ4v) is 2.21. The van der Waals surface area contributed by atoms with Crippen LogP contribution in [0.1, 0.15) is 15.9 Å². The molecule has 0 atom stereocenters. The topological polar surface area (TPSA) is 70.8 Å². The number of methoxy groups -OCH3 is 1. The number of rotatable bonds is 3. The van der Waals surface area contributed by atoms with Gasteiger partial charge >= 0.3 is 0 Å². The molecule has 3 rings (SSSR count). The predicted octanol–water partition coefficient (Wildman–Crippen LogP) is 2.28. The summed E-state index contributed by atoms with van der Waals surface area (Å²) in [6.45, 7) is 1.00. The van der Waals surface area contributed by atoms with Crippen LogP contribution < -0.4 is 19.9 Å². The van der Waals surface area contributed by atoms with Crippen molar-refractivity contribution in [2.24, 2.45) is 0 Å². The molecule has 108 valence electrons. The Labute approximate surface area is 122 Å². The highest BCUT2D eigenvalue weighted by molar-refractivity contribution is 6.12. The van der Waals surface area contributed by atoms with Crippen LogP contribution in [0.3, 0.4) is 0 Å². The summed E-state index contributed by atoms with van der Waals surface area (Å²) >= 11 is 0. The Balaban J connectivity index is 1.95. The SMILES string of the molecule is COc1ccc(C(=O)c2ccc3c(c2)OCCO3)c(N)c1. The zero-order valence-electron chi connectivity index (χ0n) is 11.6. The number of hydrogen-bond acceptors (Lipinski definition) is 5. The van der Waals surface area contributed by atoms with Crippen molar-refractivity contribution in [3.63, 3.8) is 0 Å². The average molecular weight is 285 g/mol. The molecule has 1 heterocycles. The number of carbonyl (C=O) groups excluding carboxylic acids is 1. The van der Waals surface area contributed by atoms with Gasteiger partial charge in [0.15, 0.2) is 17.3 Å². The molecular weight excluding hydrogens is 270 g/mol. The molecule has 5 nitrogen and oxygen atoms in total. The molecule has 0 saturated heterocycles. The lowest BCUT2D eigenvalue weighted by Crippen LogP contribution is -2.16. The van der Waals surface area contributed by atoms with E-state index in [1.165, 1.54) is 0 Å². The summed E-state index contributed by atoms with van der Waals surface area (Å²) < 4.78 is 16.0. The first-order valence-electron chi connectivity index (χ1n) is 6.57. The summed E-state index contributed by atoms with van der Waals surface area (Å²) in [5.74, 6) is 1.69. The minimum Gasteiger partial charge on any atom is -0.497 e. The normalized spacial score (nSPS) is 12.8. The third-order valence-corrected chi connectivity index (χ3v) is 3.31. The van der Waals surface area contributed by atoms with Gasteiger partial charge in [0.2, 0.25) is 0 Å². The molecule has 0 saturated carbocycles. The van der Waals surface area contributed by atoms with Gasteiger partial charge in [-0.3, -0.25) is 4.79 Å². The first kappa shape index (κ1) is 13.3. The van der Waals surface area contributed by atoms with Crippen LogP contribution in [-0.2, 0) is 0 Å². The fourth-order valence-electron chi connectivity index (χ4n) is 2.21. The van der Waals surface area contributed by atoms with E-state index in [0.29, 0.717) is 47.3 Å². The van der Waals surface area contributed by atoms with Gasteiger partial charge < -0.3 is 19.9 Å². The third-order valence-electron chi connectivity index (χ3n) is 3.31. The minimum atomic E-state index is -0.160. The fraction of sp³-hybridized carbons (Fsp3) is 0.188. The number of nitrogen functional groups attached to an aromatic ring is 1. The Morgan fingerprint density at radius 1 is 1.10 bits per heavy atom. The van der Waals surface area contributed by atoms with Gasteiger partial charge in [0.1, 0.15) is 19.0 Å². The van der Waals surface area contributed by atoms with E-state index in [4.69, 9.17) is 19.9 Å². The highest BCUT2D eigenvalue weighted by Gasteiger charge is 2.17. The highest BCUT2D eigenvalue weighted by atomic mass is 16.6. The van der Waals surface area contributed by atoms with Crippen LogP contribution in [-0.4, -0.2) is 26.1 Å². The molecule has 2 aromatic rings. The lowest BCUT2D eigenvalue weighted by Gasteiger charge is -2.18. The molecule has 0 bridgehead atoms. The Bertz CT molecular complexity index is 697. The molecule has 0 unspecified atom stereocenters. The van der Waals surface area contributed by atoms with Crippen molar-refractivity contribution in [1.82, 2.24) is 0 Å². The third kappa shape index (κ3) is 2.50. The van der Waals surface area contributed by atoms with Crippen LogP contribution in [0.25, 0.3) is 0 Å². The summed E-state index contributed by atoms with van der Waals surface area (Å²) in [4.78, 5) is 12.5. The Morgan fingerprint density at radius 2 is 1.86 bits per heavy atom. The van der Waals surface area contributed by atoms with Gasteiger partial charge in [-0.05, 0) is 30.3 Å². The number of nitrogens with two attached hydrogens (primary N) is 1.